The average Bonchev–Trinajstić information content (AvgIpc) is 2.57. The van der Waals surface area contributed by atoms with Crippen molar-refractivity contribution in [2.75, 3.05) is 0 Å². The molecule has 0 aliphatic heterocycles. The second-order valence-corrected chi connectivity index (χ2v) is 7.46. The second kappa shape index (κ2) is 6.95. The first-order chi connectivity index (χ1) is 11.2. The van der Waals surface area contributed by atoms with Gasteiger partial charge in [-0.2, -0.15) is 0 Å². The van der Waals surface area contributed by atoms with Gasteiger partial charge in [0.05, 0.1) is 0 Å². The molecule has 1 aromatic carbocycles. The van der Waals surface area contributed by atoms with Crippen molar-refractivity contribution in [3.05, 3.63) is 53.1 Å². The van der Waals surface area contributed by atoms with E-state index in [0.29, 0.717) is 11.7 Å². The zero-order valence-electron chi connectivity index (χ0n) is 14.6. The van der Waals surface area contributed by atoms with Gasteiger partial charge in [-0.05, 0) is 61.3 Å². The Bertz CT molecular complexity index is 605. The van der Waals surface area contributed by atoms with Gasteiger partial charge >= 0.3 is 0 Å². The minimum absolute atomic E-state index is 0.116. The Morgan fingerprint density at radius 2 is 1.91 bits per heavy atom. The van der Waals surface area contributed by atoms with Crippen LogP contribution in [-0.4, -0.2) is 5.11 Å². The molecule has 1 aromatic rings. The van der Waals surface area contributed by atoms with Crippen LogP contribution in [0.25, 0.3) is 0 Å². The van der Waals surface area contributed by atoms with Crippen LogP contribution in [0.15, 0.2) is 36.4 Å². The molecule has 1 unspecified atom stereocenters. The number of allylic oxidation sites excluding steroid dienone is 4. The van der Waals surface area contributed by atoms with E-state index in [2.05, 4.69) is 44.2 Å². The van der Waals surface area contributed by atoms with Gasteiger partial charge in [0, 0.05) is 5.41 Å². The molecule has 1 heteroatoms. The van der Waals surface area contributed by atoms with E-state index in [4.69, 9.17) is 0 Å². The first kappa shape index (κ1) is 16.4. The van der Waals surface area contributed by atoms with E-state index in [9.17, 15) is 5.11 Å². The molecule has 0 saturated heterocycles. The minimum Gasteiger partial charge on any atom is -0.508 e. The zero-order valence-corrected chi connectivity index (χ0v) is 14.6. The zero-order chi connectivity index (χ0) is 16.3. The molecule has 124 valence electrons. The van der Waals surface area contributed by atoms with Crippen molar-refractivity contribution in [1.29, 1.82) is 0 Å². The summed E-state index contributed by atoms with van der Waals surface area (Å²) in [6, 6.07) is 4.36. The first-order valence-electron chi connectivity index (χ1n) is 9.34. The molecule has 0 radical (unpaired) electrons. The number of phenolic OH excluding ortho intramolecular Hbond substituents is 1. The molecule has 2 aliphatic rings. The maximum atomic E-state index is 10.5. The standard InChI is InChI=1S/C22H30O/c1-3-12-22(13-8-5-9-14-22)20-16-19(21(23)15-17(20)2)18-10-6-4-7-11-18/h5,8-9,13,15-16,18,23H,3-4,6-7,10-12,14H2,1-2H3. The Labute approximate surface area is 141 Å². The van der Waals surface area contributed by atoms with Crippen molar-refractivity contribution in [3.8, 4) is 5.75 Å². The SMILES string of the molecule is CCCC1(c2cc(C3CCCCC3)c(O)cc2C)C=CC=CC1. The van der Waals surface area contributed by atoms with E-state index in [0.717, 1.165) is 6.42 Å². The lowest BCUT2D eigenvalue weighted by atomic mass is 9.69. The summed E-state index contributed by atoms with van der Waals surface area (Å²) in [6.07, 6.45) is 18.9. The fourth-order valence-corrected chi connectivity index (χ4v) is 4.62. The highest BCUT2D eigenvalue weighted by atomic mass is 16.3. The summed E-state index contributed by atoms with van der Waals surface area (Å²) in [4.78, 5) is 0. The summed E-state index contributed by atoms with van der Waals surface area (Å²) in [7, 11) is 0. The molecule has 1 saturated carbocycles. The lowest BCUT2D eigenvalue weighted by molar-refractivity contribution is 0.411. The van der Waals surface area contributed by atoms with E-state index < -0.39 is 0 Å². The van der Waals surface area contributed by atoms with Crippen molar-refractivity contribution in [1.82, 2.24) is 0 Å². The van der Waals surface area contributed by atoms with Crippen molar-refractivity contribution in [3.63, 3.8) is 0 Å². The van der Waals surface area contributed by atoms with Crippen molar-refractivity contribution < 1.29 is 5.11 Å². The maximum Gasteiger partial charge on any atom is 0.119 e. The summed E-state index contributed by atoms with van der Waals surface area (Å²) in [5, 5.41) is 10.5. The summed E-state index contributed by atoms with van der Waals surface area (Å²) >= 11 is 0. The lowest BCUT2D eigenvalue weighted by Crippen LogP contribution is -2.25. The third-order valence-corrected chi connectivity index (χ3v) is 5.80. The third-order valence-electron chi connectivity index (χ3n) is 5.80. The maximum absolute atomic E-state index is 10.5. The predicted molar refractivity (Wildman–Crippen MR) is 98.2 cm³/mol. The summed E-state index contributed by atoms with van der Waals surface area (Å²) < 4.78 is 0. The molecule has 0 heterocycles. The van der Waals surface area contributed by atoms with E-state index in [1.807, 2.05) is 6.07 Å². The molecule has 23 heavy (non-hydrogen) atoms. The summed E-state index contributed by atoms with van der Waals surface area (Å²) in [5.74, 6) is 1.06. The Morgan fingerprint density at radius 1 is 1.13 bits per heavy atom. The Kier molecular flexibility index (Phi) is 4.94. The molecule has 1 fully saturated rings. The topological polar surface area (TPSA) is 20.2 Å². The molecule has 1 nitrogen and oxygen atoms in total. The Balaban J connectivity index is 2.03. The number of aromatic hydroxyl groups is 1. The molecule has 1 N–H and O–H groups in total. The number of aryl methyl sites for hydroxylation is 1. The number of rotatable bonds is 4. The van der Waals surface area contributed by atoms with Crippen LogP contribution in [0.2, 0.25) is 0 Å². The number of phenols is 1. The molecule has 3 rings (SSSR count). The van der Waals surface area contributed by atoms with Crippen LogP contribution in [0.5, 0.6) is 5.75 Å². The highest BCUT2D eigenvalue weighted by Gasteiger charge is 2.31. The molecule has 0 amide bonds. The predicted octanol–water partition coefficient (Wildman–Crippen LogP) is 6.30. The molecule has 0 spiro atoms. The van der Waals surface area contributed by atoms with Gasteiger partial charge in [0.1, 0.15) is 5.75 Å². The number of hydrogen-bond donors (Lipinski definition) is 1. The fourth-order valence-electron chi connectivity index (χ4n) is 4.62. The van der Waals surface area contributed by atoms with Crippen molar-refractivity contribution >= 4 is 0 Å². The normalized spacial score (nSPS) is 25.0. The third kappa shape index (κ3) is 3.24. The van der Waals surface area contributed by atoms with Crippen LogP contribution in [0.4, 0.5) is 0 Å². The van der Waals surface area contributed by atoms with E-state index in [1.54, 1.807) is 0 Å². The Morgan fingerprint density at radius 3 is 2.57 bits per heavy atom. The molecule has 1 atom stereocenters. The smallest absolute Gasteiger partial charge is 0.119 e. The van der Waals surface area contributed by atoms with Gasteiger partial charge < -0.3 is 5.11 Å². The van der Waals surface area contributed by atoms with Gasteiger partial charge in [0.2, 0.25) is 0 Å². The average molecular weight is 310 g/mol. The van der Waals surface area contributed by atoms with E-state index >= 15 is 0 Å². The van der Waals surface area contributed by atoms with E-state index in [1.165, 1.54) is 61.6 Å². The highest BCUT2D eigenvalue weighted by molar-refractivity contribution is 5.49. The number of benzene rings is 1. The minimum atomic E-state index is 0.116. The van der Waals surface area contributed by atoms with Gasteiger partial charge in [-0.15, -0.1) is 0 Å². The lowest BCUT2D eigenvalue weighted by Gasteiger charge is -2.35. The Hall–Kier alpha value is -1.50. The second-order valence-electron chi connectivity index (χ2n) is 7.46. The summed E-state index contributed by atoms with van der Waals surface area (Å²) in [6.45, 7) is 4.43. The molecule has 2 aliphatic carbocycles. The van der Waals surface area contributed by atoms with Gasteiger partial charge in [-0.1, -0.05) is 63.0 Å². The fraction of sp³-hybridized carbons (Fsp3) is 0.545. The highest BCUT2D eigenvalue weighted by Crippen LogP contribution is 2.44. The van der Waals surface area contributed by atoms with Gasteiger partial charge in [0.25, 0.3) is 0 Å². The molecular weight excluding hydrogens is 280 g/mol. The summed E-state index contributed by atoms with van der Waals surface area (Å²) in [5.41, 5.74) is 3.97. The quantitative estimate of drug-likeness (QED) is 0.691. The van der Waals surface area contributed by atoms with Crippen molar-refractivity contribution in [2.24, 2.45) is 0 Å². The largest absolute Gasteiger partial charge is 0.508 e. The van der Waals surface area contributed by atoms with Crippen LogP contribution in [0.1, 0.15) is 80.9 Å². The van der Waals surface area contributed by atoms with Crippen LogP contribution >= 0.6 is 0 Å². The number of hydrogen-bond acceptors (Lipinski definition) is 1. The van der Waals surface area contributed by atoms with Crippen LogP contribution < -0.4 is 0 Å². The van der Waals surface area contributed by atoms with Gasteiger partial charge in [-0.25, -0.2) is 0 Å². The molecule has 0 bridgehead atoms. The van der Waals surface area contributed by atoms with Crippen LogP contribution in [0, 0.1) is 6.92 Å². The van der Waals surface area contributed by atoms with Gasteiger partial charge in [-0.3, -0.25) is 0 Å². The van der Waals surface area contributed by atoms with Crippen molar-refractivity contribution in [2.45, 2.75) is 76.5 Å². The monoisotopic (exact) mass is 310 g/mol. The molecular formula is C22H30O. The molecule has 0 aromatic heterocycles. The van der Waals surface area contributed by atoms with Crippen LogP contribution in [0.3, 0.4) is 0 Å². The van der Waals surface area contributed by atoms with Gasteiger partial charge in [0.15, 0.2) is 0 Å². The first-order valence-corrected chi connectivity index (χ1v) is 9.34. The van der Waals surface area contributed by atoms with Crippen LogP contribution in [-0.2, 0) is 5.41 Å². The van der Waals surface area contributed by atoms with E-state index in [-0.39, 0.29) is 5.41 Å².